The summed E-state index contributed by atoms with van der Waals surface area (Å²) in [4.78, 5) is 23.0. The molecule has 1 aliphatic rings. The van der Waals surface area contributed by atoms with Crippen LogP contribution in [0, 0.1) is 6.92 Å². The summed E-state index contributed by atoms with van der Waals surface area (Å²) >= 11 is 0. The van der Waals surface area contributed by atoms with E-state index < -0.39 is 5.97 Å². The van der Waals surface area contributed by atoms with Crippen LogP contribution in [0.2, 0.25) is 0 Å². The lowest BCUT2D eigenvalue weighted by Gasteiger charge is -2.34. The molecule has 2 rings (SSSR count). The Morgan fingerprint density at radius 1 is 1.38 bits per heavy atom. The summed E-state index contributed by atoms with van der Waals surface area (Å²) in [6.07, 6.45) is 1.79. The number of carboxylic acids is 1. The van der Waals surface area contributed by atoms with E-state index >= 15 is 0 Å². The van der Waals surface area contributed by atoms with E-state index in [0.717, 1.165) is 19.4 Å². The van der Waals surface area contributed by atoms with Crippen molar-refractivity contribution in [2.24, 2.45) is 0 Å². The summed E-state index contributed by atoms with van der Waals surface area (Å²) in [5, 5.41) is 14.6. The lowest BCUT2D eigenvalue weighted by atomic mass is 9.95. The highest BCUT2D eigenvalue weighted by Crippen LogP contribution is 2.19. The van der Waals surface area contributed by atoms with Gasteiger partial charge in [0.05, 0.1) is 17.7 Å². The number of ether oxygens (including phenoxy) is 1. The molecular weight excluding hydrogens is 272 g/mol. The van der Waals surface area contributed by atoms with Gasteiger partial charge in [0, 0.05) is 12.3 Å². The maximum absolute atomic E-state index is 12.0. The number of anilines is 1. The van der Waals surface area contributed by atoms with Gasteiger partial charge in [-0.3, -0.25) is 0 Å². The predicted molar refractivity (Wildman–Crippen MR) is 78.8 cm³/mol. The average molecular weight is 292 g/mol. The smallest absolute Gasteiger partial charge is 0.335 e. The van der Waals surface area contributed by atoms with Crippen LogP contribution in [-0.4, -0.2) is 35.9 Å². The number of amides is 2. The number of carbonyl (C=O) groups is 2. The molecular formula is C15H20N2O4. The van der Waals surface area contributed by atoms with Gasteiger partial charge in [-0.2, -0.15) is 0 Å². The van der Waals surface area contributed by atoms with Crippen molar-refractivity contribution in [1.82, 2.24) is 5.32 Å². The van der Waals surface area contributed by atoms with Crippen molar-refractivity contribution < 1.29 is 19.4 Å². The first-order valence-electron chi connectivity index (χ1n) is 6.90. The van der Waals surface area contributed by atoms with Gasteiger partial charge in [0.25, 0.3) is 0 Å². The van der Waals surface area contributed by atoms with Crippen molar-refractivity contribution in [1.29, 1.82) is 0 Å². The van der Waals surface area contributed by atoms with Crippen LogP contribution in [0.25, 0.3) is 0 Å². The molecule has 3 N–H and O–H groups in total. The Kier molecular flexibility index (Phi) is 4.47. The summed E-state index contributed by atoms with van der Waals surface area (Å²) < 4.78 is 5.39. The lowest BCUT2D eigenvalue weighted by Crippen LogP contribution is -2.52. The molecule has 0 radical (unpaired) electrons. The molecule has 1 heterocycles. The summed E-state index contributed by atoms with van der Waals surface area (Å²) in [6, 6.07) is 4.39. The molecule has 2 amide bonds. The average Bonchev–Trinajstić information content (AvgIpc) is 2.38. The third kappa shape index (κ3) is 3.95. The molecule has 1 atom stereocenters. The SMILES string of the molecule is Cc1cc(NC(=O)NC2(C)CCCOC2)ccc1C(=O)O. The molecule has 1 aliphatic heterocycles. The van der Waals surface area contributed by atoms with Gasteiger partial charge < -0.3 is 20.5 Å². The maximum Gasteiger partial charge on any atom is 0.335 e. The van der Waals surface area contributed by atoms with Crippen molar-refractivity contribution in [3.05, 3.63) is 29.3 Å². The largest absolute Gasteiger partial charge is 0.478 e. The summed E-state index contributed by atoms with van der Waals surface area (Å²) in [6.45, 7) is 4.87. The number of hydrogen-bond donors (Lipinski definition) is 3. The van der Waals surface area contributed by atoms with E-state index in [9.17, 15) is 9.59 Å². The predicted octanol–water partition coefficient (Wildman–Crippen LogP) is 2.38. The van der Waals surface area contributed by atoms with E-state index in [1.165, 1.54) is 6.07 Å². The fourth-order valence-corrected chi connectivity index (χ4v) is 2.45. The molecule has 1 aromatic carbocycles. The number of rotatable bonds is 3. The quantitative estimate of drug-likeness (QED) is 0.798. The van der Waals surface area contributed by atoms with Crippen molar-refractivity contribution in [3.63, 3.8) is 0 Å². The summed E-state index contributed by atoms with van der Waals surface area (Å²) in [5.41, 5.74) is 1.04. The first-order chi connectivity index (χ1) is 9.89. The molecule has 0 spiro atoms. The number of carboxylic acid groups (broad SMARTS) is 1. The molecule has 21 heavy (non-hydrogen) atoms. The van der Waals surface area contributed by atoms with Crippen LogP contribution in [0.1, 0.15) is 35.7 Å². The Balaban J connectivity index is 1.99. The molecule has 6 heteroatoms. The molecule has 1 fully saturated rings. The summed E-state index contributed by atoms with van der Waals surface area (Å²) in [5.74, 6) is -0.977. The van der Waals surface area contributed by atoms with Crippen LogP contribution in [0.3, 0.4) is 0 Å². The third-order valence-corrected chi connectivity index (χ3v) is 3.57. The second-order valence-electron chi connectivity index (χ2n) is 5.63. The zero-order valence-electron chi connectivity index (χ0n) is 12.2. The van der Waals surface area contributed by atoms with Gasteiger partial charge in [0.2, 0.25) is 0 Å². The number of nitrogens with one attached hydrogen (secondary N) is 2. The van der Waals surface area contributed by atoms with E-state index in [4.69, 9.17) is 9.84 Å². The zero-order chi connectivity index (χ0) is 15.5. The molecule has 6 nitrogen and oxygen atoms in total. The first kappa shape index (κ1) is 15.3. The van der Waals surface area contributed by atoms with Gasteiger partial charge in [0.15, 0.2) is 0 Å². The second kappa shape index (κ2) is 6.13. The Hall–Kier alpha value is -2.08. The molecule has 1 unspecified atom stereocenters. The summed E-state index contributed by atoms with van der Waals surface area (Å²) in [7, 11) is 0. The number of urea groups is 1. The minimum absolute atomic E-state index is 0.230. The Morgan fingerprint density at radius 2 is 2.14 bits per heavy atom. The van der Waals surface area contributed by atoms with Gasteiger partial charge >= 0.3 is 12.0 Å². The fraction of sp³-hybridized carbons (Fsp3) is 0.467. The molecule has 1 aromatic rings. The normalized spacial score (nSPS) is 21.6. The number of hydrogen-bond acceptors (Lipinski definition) is 3. The topological polar surface area (TPSA) is 87.7 Å². The number of aryl methyl sites for hydroxylation is 1. The van der Waals surface area contributed by atoms with Crippen molar-refractivity contribution in [2.45, 2.75) is 32.2 Å². The highest BCUT2D eigenvalue weighted by molar-refractivity contribution is 5.93. The Bertz CT molecular complexity index is 551. The minimum atomic E-state index is -0.977. The van der Waals surface area contributed by atoms with Crippen LogP contribution < -0.4 is 10.6 Å². The number of carbonyl (C=O) groups excluding carboxylic acids is 1. The van der Waals surface area contributed by atoms with Crippen LogP contribution in [0.15, 0.2) is 18.2 Å². The monoisotopic (exact) mass is 292 g/mol. The second-order valence-corrected chi connectivity index (χ2v) is 5.63. The lowest BCUT2D eigenvalue weighted by molar-refractivity contribution is 0.0342. The van der Waals surface area contributed by atoms with Gasteiger partial charge in [-0.1, -0.05) is 0 Å². The van der Waals surface area contributed by atoms with Crippen LogP contribution >= 0.6 is 0 Å². The first-order valence-corrected chi connectivity index (χ1v) is 6.90. The van der Waals surface area contributed by atoms with Gasteiger partial charge in [-0.25, -0.2) is 9.59 Å². The fourth-order valence-electron chi connectivity index (χ4n) is 2.45. The van der Waals surface area contributed by atoms with Crippen LogP contribution in [0.4, 0.5) is 10.5 Å². The number of benzene rings is 1. The highest BCUT2D eigenvalue weighted by Gasteiger charge is 2.29. The third-order valence-electron chi connectivity index (χ3n) is 3.57. The van der Waals surface area contributed by atoms with E-state index in [0.29, 0.717) is 17.9 Å². The van der Waals surface area contributed by atoms with Crippen LogP contribution in [0.5, 0.6) is 0 Å². The van der Waals surface area contributed by atoms with E-state index in [-0.39, 0.29) is 17.1 Å². The van der Waals surface area contributed by atoms with E-state index in [1.54, 1.807) is 19.1 Å². The molecule has 0 aromatic heterocycles. The standard InChI is InChI=1S/C15H20N2O4/c1-10-8-11(4-5-12(10)13(18)19)16-14(20)17-15(2)6-3-7-21-9-15/h4-5,8H,3,6-7,9H2,1-2H3,(H,18,19)(H2,16,17,20). The van der Waals surface area contributed by atoms with Crippen molar-refractivity contribution >= 4 is 17.7 Å². The minimum Gasteiger partial charge on any atom is -0.478 e. The van der Waals surface area contributed by atoms with Crippen molar-refractivity contribution in [2.75, 3.05) is 18.5 Å². The van der Waals surface area contributed by atoms with Crippen molar-refractivity contribution in [3.8, 4) is 0 Å². The van der Waals surface area contributed by atoms with E-state index in [1.807, 2.05) is 6.92 Å². The molecule has 114 valence electrons. The molecule has 0 aliphatic carbocycles. The van der Waals surface area contributed by atoms with E-state index in [2.05, 4.69) is 10.6 Å². The van der Waals surface area contributed by atoms with Crippen LogP contribution in [-0.2, 0) is 4.74 Å². The zero-order valence-corrected chi connectivity index (χ0v) is 12.2. The number of aromatic carboxylic acids is 1. The molecule has 0 bridgehead atoms. The van der Waals surface area contributed by atoms with Gasteiger partial charge in [0.1, 0.15) is 0 Å². The Labute approximate surface area is 123 Å². The maximum atomic E-state index is 12.0. The highest BCUT2D eigenvalue weighted by atomic mass is 16.5. The molecule has 1 saturated heterocycles. The van der Waals surface area contributed by atoms with Gasteiger partial charge in [-0.05, 0) is 50.5 Å². The molecule has 0 saturated carbocycles. The van der Waals surface area contributed by atoms with Gasteiger partial charge in [-0.15, -0.1) is 0 Å². The Morgan fingerprint density at radius 3 is 2.71 bits per heavy atom.